The van der Waals surface area contributed by atoms with E-state index < -0.39 is 0 Å². The van der Waals surface area contributed by atoms with E-state index in [0.29, 0.717) is 0 Å². The van der Waals surface area contributed by atoms with Gasteiger partial charge in [-0.3, -0.25) is 0 Å². The van der Waals surface area contributed by atoms with Gasteiger partial charge in [0.05, 0.1) is 0 Å². The summed E-state index contributed by atoms with van der Waals surface area (Å²) < 4.78 is 1.04. The first kappa shape index (κ1) is 12.6. The van der Waals surface area contributed by atoms with Gasteiger partial charge in [0.25, 0.3) is 0 Å². The number of aliphatic imine (C=N–C) groups is 1. The van der Waals surface area contributed by atoms with Crippen molar-refractivity contribution in [2.45, 2.75) is 6.23 Å². The molecule has 0 spiro atoms. The monoisotopic (exact) mass is 341 g/mol. The molecule has 21 heavy (non-hydrogen) atoms. The Bertz CT molecular complexity index is 826. The number of H-pyrrole nitrogens is 1. The molecule has 1 atom stereocenters. The summed E-state index contributed by atoms with van der Waals surface area (Å²) in [5.41, 5.74) is 6.02. The Labute approximate surface area is 129 Å². The largest absolute Gasteiger partial charge is 0.361 e. The third-order valence-corrected chi connectivity index (χ3v) is 4.00. The van der Waals surface area contributed by atoms with E-state index in [-0.39, 0.29) is 6.23 Å². The van der Waals surface area contributed by atoms with Crippen molar-refractivity contribution >= 4 is 32.7 Å². The Balaban J connectivity index is 1.74. The summed E-state index contributed by atoms with van der Waals surface area (Å²) in [6.07, 6.45) is 1.60. The average Bonchev–Trinajstić information content (AvgIpc) is 3.14. The predicted molar refractivity (Wildman–Crippen MR) is 85.9 cm³/mol. The number of aromatic amines is 1. The molecule has 104 valence electrons. The summed E-state index contributed by atoms with van der Waals surface area (Å²) in [6.45, 7) is 0. The van der Waals surface area contributed by atoms with Gasteiger partial charge in [0, 0.05) is 32.7 Å². The highest BCUT2D eigenvalue weighted by atomic mass is 79.9. The number of hydrogen-bond donors (Lipinski definition) is 2. The fourth-order valence-electron chi connectivity index (χ4n) is 2.46. The minimum atomic E-state index is -0.344. The zero-order valence-corrected chi connectivity index (χ0v) is 12.6. The molecule has 5 heteroatoms. The number of nitrogens with one attached hydrogen (secondary N) is 2. The van der Waals surface area contributed by atoms with E-state index in [9.17, 15) is 0 Å². The third-order valence-electron chi connectivity index (χ3n) is 3.50. The summed E-state index contributed by atoms with van der Waals surface area (Å²) in [5, 5.41) is 1.11. The Morgan fingerprint density at radius 1 is 1.10 bits per heavy atom. The zero-order chi connectivity index (χ0) is 14.2. The molecule has 0 fully saturated rings. The number of hydroxylamine groups is 1. The van der Waals surface area contributed by atoms with Crippen LogP contribution in [0.4, 0.5) is 0 Å². The number of halogens is 1. The van der Waals surface area contributed by atoms with Crippen LogP contribution in [-0.2, 0) is 4.84 Å². The van der Waals surface area contributed by atoms with Crippen molar-refractivity contribution in [2.24, 2.45) is 4.99 Å². The van der Waals surface area contributed by atoms with E-state index in [4.69, 9.17) is 4.84 Å². The number of amidine groups is 1. The molecule has 3 aromatic rings. The lowest BCUT2D eigenvalue weighted by molar-refractivity contribution is 0.0386. The van der Waals surface area contributed by atoms with Crippen LogP contribution in [0.25, 0.3) is 10.9 Å². The molecule has 1 aliphatic heterocycles. The van der Waals surface area contributed by atoms with E-state index in [2.05, 4.69) is 37.5 Å². The quantitative estimate of drug-likeness (QED) is 0.742. The first-order valence-corrected chi connectivity index (χ1v) is 7.42. The number of benzene rings is 2. The topological polar surface area (TPSA) is 49.4 Å². The molecule has 0 amide bonds. The van der Waals surface area contributed by atoms with Gasteiger partial charge in [-0.15, -0.1) is 0 Å². The van der Waals surface area contributed by atoms with Crippen molar-refractivity contribution < 1.29 is 4.84 Å². The summed E-state index contributed by atoms with van der Waals surface area (Å²) >= 11 is 3.50. The maximum Gasteiger partial charge on any atom is 0.204 e. The van der Waals surface area contributed by atoms with Gasteiger partial charge in [0.2, 0.25) is 6.23 Å². The second-order valence-corrected chi connectivity index (χ2v) is 5.77. The molecule has 0 bridgehead atoms. The Morgan fingerprint density at radius 3 is 2.81 bits per heavy atom. The minimum absolute atomic E-state index is 0.344. The minimum Gasteiger partial charge on any atom is -0.361 e. The standard InChI is InChI=1S/C16H12BrN3O/c17-11-6-7-14-12(8-11)13(9-18-14)16-19-15(20-21-16)10-4-2-1-3-5-10/h1-9,16,18H,(H,19,20). The van der Waals surface area contributed by atoms with Crippen molar-refractivity contribution in [1.82, 2.24) is 10.5 Å². The zero-order valence-electron chi connectivity index (χ0n) is 11.0. The van der Waals surface area contributed by atoms with Gasteiger partial charge in [-0.05, 0) is 18.2 Å². The molecule has 4 nitrogen and oxygen atoms in total. The van der Waals surface area contributed by atoms with E-state index in [1.807, 2.05) is 48.7 Å². The molecule has 2 heterocycles. The molecule has 0 saturated carbocycles. The van der Waals surface area contributed by atoms with Gasteiger partial charge >= 0.3 is 0 Å². The summed E-state index contributed by atoms with van der Waals surface area (Å²) in [7, 11) is 0. The molecule has 0 aliphatic carbocycles. The van der Waals surface area contributed by atoms with Crippen molar-refractivity contribution in [3.05, 3.63) is 70.3 Å². The molecule has 1 unspecified atom stereocenters. The van der Waals surface area contributed by atoms with Gasteiger partial charge in [-0.2, -0.15) is 0 Å². The number of hydrogen-bond acceptors (Lipinski definition) is 3. The van der Waals surface area contributed by atoms with Gasteiger partial charge in [0.1, 0.15) is 0 Å². The number of aromatic nitrogens is 1. The van der Waals surface area contributed by atoms with Gasteiger partial charge in [-0.25, -0.2) is 15.3 Å². The first-order chi connectivity index (χ1) is 10.3. The second-order valence-electron chi connectivity index (χ2n) is 4.85. The lowest BCUT2D eigenvalue weighted by atomic mass is 10.1. The van der Waals surface area contributed by atoms with Crippen molar-refractivity contribution in [3.63, 3.8) is 0 Å². The Morgan fingerprint density at radius 2 is 1.95 bits per heavy atom. The summed E-state index contributed by atoms with van der Waals surface area (Å²) in [6, 6.07) is 16.1. The normalized spacial score (nSPS) is 17.8. The lowest BCUT2D eigenvalue weighted by Crippen LogP contribution is -2.17. The van der Waals surface area contributed by atoms with Crippen LogP contribution in [0.15, 0.2) is 64.2 Å². The van der Waals surface area contributed by atoms with Crippen LogP contribution < -0.4 is 5.48 Å². The summed E-state index contributed by atoms with van der Waals surface area (Å²) in [5.74, 6) is 0.755. The molecular formula is C16H12BrN3O. The van der Waals surface area contributed by atoms with E-state index >= 15 is 0 Å². The van der Waals surface area contributed by atoms with Crippen LogP contribution in [0.2, 0.25) is 0 Å². The maximum absolute atomic E-state index is 5.62. The third kappa shape index (κ3) is 2.24. The molecular weight excluding hydrogens is 330 g/mol. The van der Waals surface area contributed by atoms with Gasteiger partial charge in [0.15, 0.2) is 5.84 Å². The number of nitrogens with zero attached hydrogens (tertiary/aromatic N) is 1. The Hall–Kier alpha value is -2.11. The molecule has 1 aromatic heterocycles. The van der Waals surface area contributed by atoms with Crippen molar-refractivity contribution in [2.75, 3.05) is 0 Å². The van der Waals surface area contributed by atoms with Gasteiger partial charge in [-0.1, -0.05) is 46.3 Å². The van der Waals surface area contributed by atoms with E-state index in [1.165, 1.54) is 0 Å². The molecule has 2 N–H and O–H groups in total. The highest BCUT2D eigenvalue weighted by Gasteiger charge is 2.23. The first-order valence-electron chi connectivity index (χ1n) is 6.63. The molecule has 2 aromatic carbocycles. The molecule has 0 saturated heterocycles. The van der Waals surface area contributed by atoms with Crippen LogP contribution in [0.3, 0.4) is 0 Å². The molecule has 1 aliphatic rings. The van der Waals surface area contributed by atoms with Crippen LogP contribution in [0.5, 0.6) is 0 Å². The highest BCUT2D eigenvalue weighted by molar-refractivity contribution is 9.10. The second kappa shape index (κ2) is 5.02. The SMILES string of the molecule is Brc1ccc2[nH]cc(C3N=C(c4ccccc4)NO3)c2c1. The van der Waals surface area contributed by atoms with Crippen LogP contribution in [0.1, 0.15) is 17.4 Å². The van der Waals surface area contributed by atoms with Crippen LogP contribution >= 0.6 is 15.9 Å². The smallest absolute Gasteiger partial charge is 0.204 e. The predicted octanol–water partition coefficient (Wildman–Crippen LogP) is 3.91. The van der Waals surface area contributed by atoms with E-state index in [1.54, 1.807) is 0 Å². The number of fused-ring (bicyclic) bond motifs is 1. The highest BCUT2D eigenvalue weighted by Crippen LogP contribution is 2.31. The Kier molecular flexibility index (Phi) is 3.02. The summed E-state index contributed by atoms with van der Waals surface area (Å²) in [4.78, 5) is 13.5. The van der Waals surface area contributed by atoms with Crippen molar-refractivity contribution in [1.29, 1.82) is 0 Å². The van der Waals surface area contributed by atoms with Gasteiger partial charge < -0.3 is 4.98 Å². The molecule has 4 rings (SSSR count). The fraction of sp³-hybridized carbons (Fsp3) is 0.0625. The fourth-order valence-corrected chi connectivity index (χ4v) is 2.82. The van der Waals surface area contributed by atoms with Crippen LogP contribution in [0, 0.1) is 0 Å². The maximum atomic E-state index is 5.62. The molecule has 0 radical (unpaired) electrons. The lowest BCUT2D eigenvalue weighted by Gasteiger charge is -2.04. The van der Waals surface area contributed by atoms with E-state index in [0.717, 1.165) is 32.3 Å². The number of rotatable bonds is 2. The average molecular weight is 342 g/mol. The van der Waals surface area contributed by atoms with Crippen LogP contribution in [-0.4, -0.2) is 10.8 Å². The van der Waals surface area contributed by atoms with Crippen molar-refractivity contribution in [3.8, 4) is 0 Å².